The highest BCUT2D eigenvalue weighted by Gasteiger charge is 2.26. The molecule has 0 unspecified atom stereocenters. The van der Waals surface area contributed by atoms with E-state index in [4.69, 9.17) is 11.6 Å². The van der Waals surface area contributed by atoms with Crippen molar-refractivity contribution in [3.8, 4) is 0 Å². The third-order valence-electron chi connectivity index (χ3n) is 5.33. The maximum absolute atomic E-state index is 12.8. The van der Waals surface area contributed by atoms with Gasteiger partial charge in [0.1, 0.15) is 0 Å². The number of halogens is 1. The molecule has 2 heterocycles. The van der Waals surface area contributed by atoms with Gasteiger partial charge in [-0.05, 0) is 35.9 Å². The summed E-state index contributed by atoms with van der Waals surface area (Å²) >= 11 is 6.07. The highest BCUT2D eigenvalue weighted by molar-refractivity contribution is 6.30. The van der Waals surface area contributed by atoms with Crippen molar-refractivity contribution < 1.29 is 4.79 Å². The molecule has 1 aromatic heterocycles. The molecule has 0 aliphatic carbocycles. The molecule has 2 aromatic carbocycles. The first-order valence-corrected chi connectivity index (χ1v) is 10.6. The summed E-state index contributed by atoms with van der Waals surface area (Å²) in [7, 11) is 3.92. The number of rotatable bonds is 5. The van der Waals surface area contributed by atoms with Crippen LogP contribution >= 0.6 is 11.6 Å². The number of amides is 1. The molecular formula is C22H24ClN7O2. The molecule has 3 aromatic rings. The Morgan fingerprint density at radius 1 is 1.12 bits per heavy atom. The molecule has 1 amide bonds. The Bertz CT molecular complexity index is 1180. The van der Waals surface area contributed by atoms with E-state index in [1.807, 2.05) is 67.5 Å². The molecule has 0 saturated carbocycles. The van der Waals surface area contributed by atoms with Gasteiger partial charge in [0, 0.05) is 56.7 Å². The van der Waals surface area contributed by atoms with E-state index in [1.165, 1.54) is 6.21 Å². The van der Waals surface area contributed by atoms with Gasteiger partial charge in [-0.2, -0.15) is 10.3 Å². The fourth-order valence-electron chi connectivity index (χ4n) is 3.48. The van der Waals surface area contributed by atoms with Gasteiger partial charge in [-0.1, -0.05) is 29.8 Å². The molecule has 9 nitrogen and oxygen atoms in total. The lowest BCUT2D eigenvalue weighted by Crippen LogP contribution is -2.49. The van der Waals surface area contributed by atoms with Crippen molar-refractivity contribution >= 4 is 35.1 Å². The number of benzene rings is 2. The van der Waals surface area contributed by atoms with Gasteiger partial charge in [0.25, 0.3) is 5.91 Å². The molecule has 1 aliphatic rings. The lowest BCUT2D eigenvalue weighted by Gasteiger charge is -2.35. The first kappa shape index (κ1) is 21.6. The molecule has 1 N–H and O–H groups in total. The highest BCUT2D eigenvalue weighted by atomic mass is 35.5. The van der Waals surface area contributed by atoms with Crippen LogP contribution in [-0.4, -0.2) is 72.4 Å². The van der Waals surface area contributed by atoms with E-state index in [2.05, 4.69) is 20.3 Å². The zero-order valence-corrected chi connectivity index (χ0v) is 18.7. The van der Waals surface area contributed by atoms with Crippen molar-refractivity contribution in [1.82, 2.24) is 20.0 Å². The van der Waals surface area contributed by atoms with Crippen molar-refractivity contribution in [2.24, 2.45) is 5.10 Å². The van der Waals surface area contributed by atoms with Crippen LogP contribution in [0.5, 0.6) is 0 Å². The lowest BCUT2D eigenvalue weighted by molar-refractivity contribution is 0.0739. The Kier molecular flexibility index (Phi) is 6.27. The van der Waals surface area contributed by atoms with Gasteiger partial charge in [0.2, 0.25) is 5.69 Å². The summed E-state index contributed by atoms with van der Waals surface area (Å²) in [5, 5.41) is 11.2. The fourth-order valence-corrected chi connectivity index (χ4v) is 3.67. The molecule has 0 bridgehead atoms. The fraction of sp³-hybridized carbons (Fsp3) is 0.273. The molecule has 0 atom stereocenters. The molecule has 1 saturated heterocycles. The van der Waals surface area contributed by atoms with Crippen LogP contribution in [0.3, 0.4) is 0 Å². The van der Waals surface area contributed by atoms with Crippen LogP contribution in [-0.2, 0) is 0 Å². The van der Waals surface area contributed by atoms with Gasteiger partial charge in [-0.3, -0.25) is 9.59 Å². The maximum atomic E-state index is 12.8. The average molecular weight is 454 g/mol. The third kappa shape index (κ3) is 4.67. The molecule has 0 radical (unpaired) electrons. The predicted octanol–water partition coefficient (Wildman–Crippen LogP) is 2.14. The van der Waals surface area contributed by atoms with E-state index in [-0.39, 0.29) is 5.69 Å². The number of piperazine rings is 1. The van der Waals surface area contributed by atoms with Crippen LogP contribution in [0.15, 0.2) is 58.4 Å². The Hall–Kier alpha value is -3.59. The van der Waals surface area contributed by atoms with Gasteiger partial charge < -0.3 is 14.7 Å². The Morgan fingerprint density at radius 2 is 1.84 bits per heavy atom. The Balaban J connectivity index is 1.40. The first-order chi connectivity index (χ1) is 15.4. The van der Waals surface area contributed by atoms with Crippen molar-refractivity contribution in [3.05, 3.63) is 75.2 Å². The zero-order chi connectivity index (χ0) is 22.7. The van der Waals surface area contributed by atoms with Crippen LogP contribution in [0.4, 0.5) is 11.4 Å². The van der Waals surface area contributed by atoms with Crippen molar-refractivity contribution in [1.29, 1.82) is 0 Å². The standard InChI is InChI=1S/C22H24ClN7O2/c1-27(2)18-8-6-16(7-9-18)15-24-30-22(32)20(25-26-30)21(31)29-12-10-28(11-13-29)19-5-3-4-17(23)14-19/h3-9,14-15,26H,10-13H2,1-2H3. The second-order valence-corrected chi connectivity index (χ2v) is 8.10. The van der Waals surface area contributed by atoms with Crippen molar-refractivity contribution in [2.45, 2.75) is 0 Å². The molecule has 166 valence electrons. The number of hydrogen-bond acceptors (Lipinski definition) is 6. The number of nitrogens with zero attached hydrogens (tertiary/aromatic N) is 6. The van der Waals surface area contributed by atoms with E-state index in [0.717, 1.165) is 21.7 Å². The second kappa shape index (κ2) is 9.27. The monoisotopic (exact) mass is 453 g/mol. The molecule has 1 aliphatic heterocycles. The highest BCUT2D eigenvalue weighted by Crippen LogP contribution is 2.21. The number of carbonyl (C=O) groups excluding carboxylic acids is 1. The molecule has 4 rings (SSSR count). The van der Waals surface area contributed by atoms with E-state index < -0.39 is 11.5 Å². The normalized spacial score (nSPS) is 14.2. The molecule has 1 fully saturated rings. The Labute approximate surface area is 190 Å². The first-order valence-electron chi connectivity index (χ1n) is 10.2. The number of carbonyl (C=O) groups is 1. The number of hydrogen-bond donors (Lipinski definition) is 1. The lowest BCUT2D eigenvalue weighted by atomic mass is 10.2. The maximum Gasteiger partial charge on any atom is 0.320 e. The minimum absolute atomic E-state index is 0.165. The largest absolute Gasteiger partial charge is 0.378 e. The quantitative estimate of drug-likeness (QED) is 0.598. The van der Waals surface area contributed by atoms with Crippen LogP contribution in [0.2, 0.25) is 5.02 Å². The summed E-state index contributed by atoms with van der Waals surface area (Å²) in [6.45, 7) is 2.26. The molecule has 32 heavy (non-hydrogen) atoms. The number of aromatic amines is 1. The second-order valence-electron chi connectivity index (χ2n) is 7.67. The zero-order valence-electron chi connectivity index (χ0n) is 17.9. The van der Waals surface area contributed by atoms with Crippen LogP contribution in [0, 0.1) is 0 Å². The van der Waals surface area contributed by atoms with Gasteiger partial charge in [0.15, 0.2) is 0 Å². The van der Waals surface area contributed by atoms with Gasteiger partial charge in [0.05, 0.1) is 6.21 Å². The topological polar surface area (TPSA) is 89.8 Å². The van der Waals surface area contributed by atoms with Crippen molar-refractivity contribution in [3.63, 3.8) is 0 Å². The van der Waals surface area contributed by atoms with E-state index in [0.29, 0.717) is 31.2 Å². The van der Waals surface area contributed by atoms with Crippen LogP contribution in [0.25, 0.3) is 0 Å². The molecular weight excluding hydrogens is 430 g/mol. The molecule has 10 heteroatoms. The summed E-state index contributed by atoms with van der Waals surface area (Å²) in [4.78, 5) is 32.2. The summed E-state index contributed by atoms with van der Waals surface area (Å²) in [6, 6.07) is 15.3. The summed E-state index contributed by atoms with van der Waals surface area (Å²) in [5.74, 6) is -0.402. The van der Waals surface area contributed by atoms with Gasteiger partial charge in [-0.15, -0.1) is 9.89 Å². The average Bonchev–Trinajstić information content (AvgIpc) is 3.17. The SMILES string of the molecule is CN(C)c1ccc(C=Nn2[nH]nc(C(=O)N3CCN(c4cccc(Cl)c4)CC3)c2=O)cc1. The van der Waals surface area contributed by atoms with E-state index >= 15 is 0 Å². The Morgan fingerprint density at radius 3 is 2.50 bits per heavy atom. The van der Waals surface area contributed by atoms with E-state index in [9.17, 15) is 9.59 Å². The van der Waals surface area contributed by atoms with Crippen molar-refractivity contribution in [2.75, 3.05) is 50.1 Å². The number of H-pyrrole nitrogens is 1. The minimum Gasteiger partial charge on any atom is -0.378 e. The molecule has 0 spiro atoms. The predicted molar refractivity (Wildman–Crippen MR) is 126 cm³/mol. The number of anilines is 2. The summed E-state index contributed by atoms with van der Waals surface area (Å²) in [5.41, 5.74) is 2.15. The van der Waals surface area contributed by atoms with Gasteiger partial charge in [-0.25, -0.2) is 0 Å². The summed E-state index contributed by atoms with van der Waals surface area (Å²) in [6.07, 6.45) is 1.54. The summed E-state index contributed by atoms with van der Waals surface area (Å²) < 4.78 is 0. The van der Waals surface area contributed by atoms with Crippen LogP contribution < -0.4 is 15.4 Å². The smallest absolute Gasteiger partial charge is 0.320 e. The van der Waals surface area contributed by atoms with E-state index in [1.54, 1.807) is 4.90 Å². The number of aromatic nitrogens is 3. The third-order valence-corrected chi connectivity index (χ3v) is 5.56. The minimum atomic E-state index is -0.576. The van der Waals surface area contributed by atoms with Gasteiger partial charge >= 0.3 is 5.56 Å². The van der Waals surface area contributed by atoms with Crippen LogP contribution in [0.1, 0.15) is 16.1 Å². The number of nitrogens with one attached hydrogen (secondary N) is 1.